The maximum absolute atomic E-state index is 12.6. The van der Waals surface area contributed by atoms with Gasteiger partial charge >= 0.3 is 0 Å². The van der Waals surface area contributed by atoms with Crippen LogP contribution in [0.3, 0.4) is 0 Å². The van der Waals surface area contributed by atoms with E-state index in [0.29, 0.717) is 32.0 Å². The van der Waals surface area contributed by atoms with E-state index in [1.165, 1.54) is 6.42 Å². The summed E-state index contributed by atoms with van der Waals surface area (Å²) in [4.78, 5) is 25.6. The molecule has 3 aliphatic heterocycles. The second-order valence-corrected chi connectivity index (χ2v) is 6.99. The van der Waals surface area contributed by atoms with Gasteiger partial charge in [0.1, 0.15) is 11.5 Å². The predicted molar refractivity (Wildman–Crippen MR) is 88.1 cm³/mol. The number of piperidine rings is 1. The van der Waals surface area contributed by atoms with Crippen LogP contribution in [0.1, 0.15) is 29.8 Å². The zero-order valence-corrected chi connectivity index (χ0v) is 13.9. The summed E-state index contributed by atoms with van der Waals surface area (Å²) < 4.78 is 10.9. The van der Waals surface area contributed by atoms with Crippen LogP contribution in [0.4, 0.5) is 5.82 Å². The molecule has 4 rings (SSSR count). The molecule has 1 aromatic rings. The summed E-state index contributed by atoms with van der Waals surface area (Å²) in [6.45, 7) is 6.02. The molecule has 0 radical (unpaired) electrons. The Balaban J connectivity index is 1.50. The zero-order chi connectivity index (χ0) is 16.4. The molecule has 7 nitrogen and oxygen atoms in total. The van der Waals surface area contributed by atoms with Gasteiger partial charge in [-0.05, 0) is 19.3 Å². The summed E-state index contributed by atoms with van der Waals surface area (Å²) in [5.74, 6) is 0.753. The van der Waals surface area contributed by atoms with Gasteiger partial charge in [0.2, 0.25) is 0 Å². The number of carbonyl (C=O) groups is 1. The molecular weight excluding hydrogens is 308 g/mol. The lowest BCUT2D eigenvalue weighted by molar-refractivity contribution is 0.0298. The highest BCUT2D eigenvalue weighted by Crippen LogP contribution is 2.38. The van der Waals surface area contributed by atoms with Crippen molar-refractivity contribution in [2.45, 2.75) is 19.3 Å². The van der Waals surface area contributed by atoms with Crippen LogP contribution in [0, 0.1) is 5.41 Å². The summed E-state index contributed by atoms with van der Waals surface area (Å²) in [5, 5.41) is 0. The normalized spacial score (nSPS) is 27.7. The lowest BCUT2D eigenvalue weighted by atomic mass is 9.79. The second-order valence-electron chi connectivity index (χ2n) is 6.99. The number of hydrogen-bond donors (Lipinski definition) is 0. The van der Waals surface area contributed by atoms with Crippen LogP contribution >= 0.6 is 0 Å². The van der Waals surface area contributed by atoms with Crippen molar-refractivity contribution in [3.8, 4) is 0 Å². The third-order valence-corrected chi connectivity index (χ3v) is 5.31. The molecule has 3 saturated heterocycles. The Labute approximate surface area is 142 Å². The van der Waals surface area contributed by atoms with Crippen LogP contribution in [0.5, 0.6) is 0 Å². The van der Waals surface area contributed by atoms with Gasteiger partial charge in [0.05, 0.1) is 32.2 Å². The fourth-order valence-corrected chi connectivity index (χ4v) is 3.91. The molecule has 1 spiro atoms. The van der Waals surface area contributed by atoms with Gasteiger partial charge in [-0.3, -0.25) is 9.78 Å². The van der Waals surface area contributed by atoms with Gasteiger partial charge < -0.3 is 19.3 Å². The smallest absolute Gasteiger partial charge is 0.274 e. The van der Waals surface area contributed by atoms with Gasteiger partial charge in [-0.25, -0.2) is 4.98 Å². The molecule has 130 valence electrons. The third-order valence-electron chi connectivity index (χ3n) is 5.31. The number of anilines is 1. The van der Waals surface area contributed by atoms with Gasteiger partial charge in [0.15, 0.2) is 0 Å². The minimum Gasteiger partial charge on any atom is -0.381 e. The Morgan fingerprint density at radius 3 is 2.75 bits per heavy atom. The largest absolute Gasteiger partial charge is 0.381 e. The topological polar surface area (TPSA) is 67.8 Å². The molecule has 7 heteroatoms. The number of hydrogen-bond acceptors (Lipinski definition) is 6. The number of morpholine rings is 1. The van der Waals surface area contributed by atoms with Gasteiger partial charge in [-0.2, -0.15) is 0 Å². The van der Waals surface area contributed by atoms with Crippen LogP contribution in [-0.2, 0) is 9.47 Å². The van der Waals surface area contributed by atoms with E-state index in [0.717, 1.165) is 45.0 Å². The van der Waals surface area contributed by atoms with Crippen molar-refractivity contribution in [1.82, 2.24) is 14.9 Å². The number of nitrogens with zero attached hydrogens (tertiary/aromatic N) is 4. The first kappa shape index (κ1) is 15.8. The summed E-state index contributed by atoms with van der Waals surface area (Å²) in [7, 11) is 0. The highest BCUT2D eigenvalue weighted by molar-refractivity contribution is 5.92. The van der Waals surface area contributed by atoms with Crippen LogP contribution in [0.2, 0.25) is 0 Å². The minimum absolute atomic E-state index is 0.0522. The highest BCUT2D eigenvalue weighted by Gasteiger charge is 2.39. The van der Waals surface area contributed by atoms with Crippen LogP contribution in [0.25, 0.3) is 0 Å². The number of aromatic nitrogens is 2. The van der Waals surface area contributed by atoms with Gasteiger partial charge in [-0.1, -0.05) is 0 Å². The first-order valence-electron chi connectivity index (χ1n) is 8.78. The van der Waals surface area contributed by atoms with Crippen LogP contribution < -0.4 is 4.90 Å². The van der Waals surface area contributed by atoms with Crippen LogP contribution in [-0.4, -0.2) is 73.4 Å². The van der Waals surface area contributed by atoms with Crippen LogP contribution in [0.15, 0.2) is 12.4 Å². The first-order chi connectivity index (χ1) is 11.8. The average Bonchev–Trinajstić information content (AvgIpc) is 3.09. The van der Waals surface area contributed by atoms with Gasteiger partial charge in [0, 0.05) is 38.2 Å². The number of ether oxygens (including phenoxy) is 2. The molecule has 4 heterocycles. The second kappa shape index (κ2) is 6.64. The van der Waals surface area contributed by atoms with E-state index in [1.807, 2.05) is 0 Å². The third kappa shape index (κ3) is 3.10. The van der Waals surface area contributed by atoms with E-state index in [4.69, 9.17) is 9.47 Å². The van der Waals surface area contributed by atoms with E-state index in [-0.39, 0.29) is 11.3 Å². The molecule has 0 unspecified atom stereocenters. The molecule has 24 heavy (non-hydrogen) atoms. The number of rotatable bonds is 2. The molecule has 0 N–H and O–H groups in total. The molecule has 3 fully saturated rings. The molecule has 0 bridgehead atoms. The summed E-state index contributed by atoms with van der Waals surface area (Å²) in [5.41, 5.74) is 0.682. The van der Waals surface area contributed by atoms with Crippen molar-refractivity contribution in [2.24, 2.45) is 5.41 Å². The van der Waals surface area contributed by atoms with Crippen molar-refractivity contribution in [3.05, 3.63) is 18.1 Å². The van der Waals surface area contributed by atoms with Gasteiger partial charge in [0.25, 0.3) is 5.91 Å². The van der Waals surface area contributed by atoms with Crippen molar-refractivity contribution in [1.29, 1.82) is 0 Å². The molecule has 0 aromatic carbocycles. The van der Waals surface area contributed by atoms with E-state index in [1.54, 1.807) is 17.3 Å². The van der Waals surface area contributed by atoms with E-state index in [2.05, 4.69) is 14.9 Å². The first-order valence-corrected chi connectivity index (χ1v) is 8.78. The van der Waals surface area contributed by atoms with Crippen molar-refractivity contribution in [3.63, 3.8) is 0 Å². The Kier molecular flexibility index (Phi) is 4.37. The van der Waals surface area contributed by atoms with E-state index < -0.39 is 0 Å². The monoisotopic (exact) mass is 332 g/mol. The zero-order valence-electron chi connectivity index (χ0n) is 13.9. The fourth-order valence-electron chi connectivity index (χ4n) is 3.91. The Hall–Kier alpha value is -1.73. The summed E-state index contributed by atoms with van der Waals surface area (Å²) in [6.07, 6.45) is 6.80. The molecule has 1 aromatic heterocycles. The van der Waals surface area contributed by atoms with Gasteiger partial charge in [-0.15, -0.1) is 0 Å². The van der Waals surface area contributed by atoms with E-state index >= 15 is 0 Å². The quantitative estimate of drug-likeness (QED) is 0.803. The minimum atomic E-state index is -0.0522. The molecule has 1 atom stereocenters. The summed E-state index contributed by atoms with van der Waals surface area (Å²) in [6, 6.07) is 0. The SMILES string of the molecule is O=C(c1cncc(N2CCC[C@@]3(CCOC3)C2)n1)N1CCOCC1. The van der Waals surface area contributed by atoms with Crippen molar-refractivity contribution in [2.75, 3.05) is 57.5 Å². The average molecular weight is 332 g/mol. The molecule has 0 saturated carbocycles. The Morgan fingerprint density at radius 2 is 1.96 bits per heavy atom. The highest BCUT2D eigenvalue weighted by atomic mass is 16.5. The molecule has 0 aliphatic carbocycles. The Morgan fingerprint density at radius 1 is 1.08 bits per heavy atom. The lowest BCUT2D eigenvalue weighted by Gasteiger charge is -2.40. The predicted octanol–water partition coefficient (Wildman–Crippen LogP) is 0.956. The molecule has 3 aliphatic rings. The number of amides is 1. The fraction of sp³-hybridized carbons (Fsp3) is 0.706. The molecular formula is C17H24N4O3. The van der Waals surface area contributed by atoms with Crippen molar-refractivity contribution >= 4 is 11.7 Å². The summed E-state index contributed by atoms with van der Waals surface area (Å²) >= 11 is 0. The maximum atomic E-state index is 12.6. The standard InChI is InChI=1S/C17H24N4O3/c22-16(20-5-8-23-9-6-20)14-10-18-11-15(19-14)21-4-1-2-17(12-21)3-7-24-13-17/h10-11H,1-9,12-13H2/t17-/m1/s1. The van der Waals surface area contributed by atoms with E-state index in [9.17, 15) is 4.79 Å². The lowest BCUT2D eigenvalue weighted by Crippen LogP contribution is -2.44. The van der Waals surface area contributed by atoms with Crippen molar-refractivity contribution < 1.29 is 14.3 Å². The Bertz CT molecular complexity index is 597. The molecule has 1 amide bonds. The number of carbonyl (C=O) groups excluding carboxylic acids is 1. The maximum Gasteiger partial charge on any atom is 0.274 e.